The molecule has 1 aromatic rings. The summed E-state index contributed by atoms with van der Waals surface area (Å²) in [6.45, 7) is 11.0. The number of nitrogens with one attached hydrogen (secondary N) is 1. The number of halogens is 1. The maximum atomic E-state index is 5.96. The highest BCUT2D eigenvalue weighted by Gasteiger charge is 2.14. The number of piperidine rings is 1. The quantitative estimate of drug-likeness (QED) is 0.324. The van der Waals surface area contributed by atoms with Gasteiger partial charge in [0.2, 0.25) is 0 Å². The van der Waals surface area contributed by atoms with Crippen LogP contribution in [0.25, 0.3) is 0 Å². The van der Waals surface area contributed by atoms with Crippen LogP contribution in [0.2, 0.25) is 0 Å². The third-order valence-electron chi connectivity index (χ3n) is 4.57. The summed E-state index contributed by atoms with van der Waals surface area (Å²) in [6.07, 6.45) is 3.74. The molecular weight excluding hydrogens is 399 g/mol. The van der Waals surface area contributed by atoms with Gasteiger partial charge >= 0.3 is 0 Å². The molecule has 4 nitrogen and oxygen atoms in total. The minimum absolute atomic E-state index is 0. The van der Waals surface area contributed by atoms with Crippen LogP contribution >= 0.6 is 24.0 Å². The molecule has 2 rings (SSSR count). The number of aliphatic imine (C=N–C) groups is 1. The Bertz CT molecular complexity index is 508. The van der Waals surface area contributed by atoms with Gasteiger partial charge in [0.15, 0.2) is 5.96 Å². The first-order valence-corrected chi connectivity index (χ1v) is 8.41. The van der Waals surface area contributed by atoms with E-state index in [2.05, 4.69) is 48.1 Å². The number of hydrogen-bond donors (Lipinski definition) is 2. The zero-order chi connectivity index (χ0) is 15.9. The smallest absolute Gasteiger partial charge is 0.193 e. The number of likely N-dealkylation sites (tertiary alicyclic amines) is 1. The van der Waals surface area contributed by atoms with E-state index in [1.807, 2.05) is 6.07 Å². The van der Waals surface area contributed by atoms with Gasteiger partial charge in [0.1, 0.15) is 0 Å². The summed E-state index contributed by atoms with van der Waals surface area (Å²) >= 11 is 0. The Balaban J connectivity index is 0.00000264. The Morgan fingerprint density at radius 2 is 1.96 bits per heavy atom. The molecule has 0 aliphatic carbocycles. The van der Waals surface area contributed by atoms with Gasteiger partial charge in [0.05, 0.1) is 0 Å². The van der Waals surface area contributed by atoms with Crippen molar-refractivity contribution in [1.82, 2.24) is 4.90 Å². The summed E-state index contributed by atoms with van der Waals surface area (Å²) in [4.78, 5) is 6.97. The van der Waals surface area contributed by atoms with E-state index in [-0.39, 0.29) is 24.0 Å². The van der Waals surface area contributed by atoms with Crippen molar-refractivity contribution in [3.05, 3.63) is 29.3 Å². The fourth-order valence-corrected chi connectivity index (χ4v) is 2.79. The molecule has 1 aliphatic rings. The van der Waals surface area contributed by atoms with E-state index in [1.54, 1.807) is 0 Å². The second-order valence-electron chi connectivity index (χ2n) is 6.57. The van der Waals surface area contributed by atoms with Gasteiger partial charge in [-0.2, -0.15) is 0 Å². The predicted molar refractivity (Wildman–Crippen MR) is 111 cm³/mol. The second kappa shape index (κ2) is 10.1. The molecule has 0 amide bonds. The van der Waals surface area contributed by atoms with Crippen LogP contribution in [0.15, 0.2) is 23.2 Å². The van der Waals surface area contributed by atoms with E-state index in [0.29, 0.717) is 5.96 Å². The van der Waals surface area contributed by atoms with Gasteiger partial charge in [-0.05, 0) is 81.9 Å². The molecule has 0 unspecified atom stereocenters. The van der Waals surface area contributed by atoms with E-state index in [0.717, 1.165) is 31.1 Å². The maximum Gasteiger partial charge on any atom is 0.193 e. The highest BCUT2D eigenvalue weighted by Crippen LogP contribution is 2.16. The Morgan fingerprint density at radius 3 is 2.61 bits per heavy atom. The summed E-state index contributed by atoms with van der Waals surface area (Å²) < 4.78 is 0. The van der Waals surface area contributed by atoms with Crippen molar-refractivity contribution in [1.29, 1.82) is 0 Å². The van der Waals surface area contributed by atoms with Crippen LogP contribution in [0, 0.1) is 19.8 Å². The van der Waals surface area contributed by atoms with Crippen LogP contribution in [0.5, 0.6) is 0 Å². The van der Waals surface area contributed by atoms with Gasteiger partial charge in [-0.1, -0.05) is 13.0 Å². The molecule has 23 heavy (non-hydrogen) atoms. The molecule has 1 fully saturated rings. The lowest BCUT2D eigenvalue weighted by Gasteiger charge is -2.29. The predicted octanol–water partition coefficient (Wildman–Crippen LogP) is 3.77. The summed E-state index contributed by atoms with van der Waals surface area (Å²) in [7, 11) is 0. The Kier molecular flexibility index (Phi) is 8.91. The van der Waals surface area contributed by atoms with Crippen LogP contribution in [-0.4, -0.2) is 37.0 Å². The van der Waals surface area contributed by atoms with E-state index in [9.17, 15) is 0 Å². The lowest BCUT2D eigenvalue weighted by molar-refractivity contribution is 0.192. The first-order valence-electron chi connectivity index (χ1n) is 8.41. The van der Waals surface area contributed by atoms with Crippen molar-refractivity contribution in [2.24, 2.45) is 16.6 Å². The normalized spacial score (nSPS) is 16.9. The van der Waals surface area contributed by atoms with Gasteiger partial charge in [-0.15, -0.1) is 24.0 Å². The zero-order valence-electron chi connectivity index (χ0n) is 14.6. The first-order chi connectivity index (χ1) is 10.5. The number of nitrogens with zero attached hydrogens (tertiary/aromatic N) is 2. The second-order valence-corrected chi connectivity index (χ2v) is 6.57. The SMILES string of the molecule is Cc1ccc(NC(N)=NCCCN2CCC(C)CC2)cc1C.I. The molecular formula is C18H31IN4. The van der Waals surface area contributed by atoms with Crippen LogP contribution in [0.1, 0.15) is 37.3 Å². The van der Waals surface area contributed by atoms with Crippen molar-refractivity contribution in [2.45, 2.75) is 40.0 Å². The molecule has 1 heterocycles. The van der Waals surface area contributed by atoms with Gasteiger partial charge in [-0.25, -0.2) is 0 Å². The van der Waals surface area contributed by atoms with Crippen LogP contribution in [-0.2, 0) is 0 Å². The third-order valence-corrected chi connectivity index (χ3v) is 4.57. The molecule has 0 aromatic heterocycles. The average molecular weight is 430 g/mol. The highest BCUT2D eigenvalue weighted by molar-refractivity contribution is 14.0. The van der Waals surface area contributed by atoms with Gasteiger partial charge < -0.3 is 16.0 Å². The minimum Gasteiger partial charge on any atom is -0.370 e. The molecule has 0 bridgehead atoms. The zero-order valence-corrected chi connectivity index (χ0v) is 17.0. The Labute approximate surface area is 157 Å². The third kappa shape index (κ3) is 7.08. The van der Waals surface area contributed by atoms with Gasteiger partial charge in [0, 0.05) is 12.2 Å². The number of hydrogen-bond acceptors (Lipinski definition) is 2. The van der Waals surface area contributed by atoms with Crippen molar-refractivity contribution in [3.8, 4) is 0 Å². The molecule has 3 N–H and O–H groups in total. The van der Waals surface area contributed by atoms with Gasteiger partial charge in [-0.3, -0.25) is 4.99 Å². The van der Waals surface area contributed by atoms with Crippen LogP contribution in [0.4, 0.5) is 5.69 Å². The molecule has 0 radical (unpaired) electrons. The van der Waals surface area contributed by atoms with Crippen molar-refractivity contribution in [2.75, 3.05) is 31.5 Å². The number of rotatable bonds is 5. The fourth-order valence-electron chi connectivity index (χ4n) is 2.79. The molecule has 0 spiro atoms. The summed E-state index contributed by atoms with van der Waals surface area (Å²) in [6, 6.07) is 6.24. The standard InChI is InChI=1S/C18H30N4.HI/c1-14-7-11-22(12-8-14)10-4-9-20-18(19)21-17-6-5-15(2)16(3)13-17;/h5-6,13-14H,4,7-12H2,1-3H3,(H3,19,20,21);1H. The summed E-state index contributed by atoms with van der Waals surface area (Å²) in [5.41, 5.74) is 9.52. The lowest BCUT2D eigenvalue weighted by Crippen LogP contribution is -2.34. The molecule has 0 atom stereocenters. The Morgan fingerprint density at radius 1 is 1.26 bits per heavy atom. The van der Waals surface area contributed by atoms with Crippen molar-refractivity contribution in [3.63, 3.8) is 0 Å². The largest absolute Gasteiger partial charge is 0.370 e. The monoisotopic (exact) mass is 430 g/mol. The van der Waals surface area contributed by atoms with Crippen molar-refractivity contribution >= 4 is 35.6 Å². The first kappa shape index (κ1) is 20.2. The minimum atomic E-state index is 0. The molecule has 1 aromatic carbocycles. The van der Waals surface area contributed by atoms with E-state index in [4.69, 9.17) is 5.73 Å². The highest BCUT2D eigenvalue weighted by atomic mass is 127. The number of nitrogens with two attached hydrogens (primary N) is 1. The molecule has 5 heteroatoms. The average Bonchev–Trinajstić information content (AvgIpc) is 2.49. The molecule has 130 valence electrons. The number of anilines is 1. The summed E-state index contributed by atoms with van der Waals surface area (Å²) in [5, 5.41) is 3.17. The lowest BCUT2D eigenvalue weighted by atomic mass is 9.99. The van der Waals surface area contributed by atoms with E-state index < -0.39 is 0 Å². The van der Waals surface area contributed by atoms with E-state index >= 15 is 0 Å². The fraction of sp³-hybridized carbons (Fsp3) is 0.611. The van der Waals surface area contributed by atoms with E-state index in [1.165, 1.54) is 37.1 Å². The molecule has 1 saturated heterocycles. The number of guanidine groups is 1. The maximum absolute atomic E-state index is 5.96. The van der Waals surface area contributed by atoms with Crippen LogP contribution < -0.4 is 11.1 Å². The topological polar surface area (TPSA) is 53.6 Å². The van der Waals surface area contributed by atoms with Gasteiger partial charge in [0.25, 0.3) is 0 Å². The summed E-state index contributed by atoms with van der Waals surface area (Å²) in [5.74, 6) is 1.41. The van der Waals surface area contributed by atoms with Crippen molar-refractivity contribution < 1.29 is 0 Å². The number of benzene rings is 1. The molecule has 0 saturated carbocycles. The molecule has 1 aliphatic heterocycles. The Hall–Kier alpha value is -0.820. The number of aryl methyl sites for hydroxylation is 2. The van der Waals surface area contributed by atoms with Crippen LogP contribution in [0.3, 0.4) is 0 Å².